The van der Waals surface area contributed by atoms with E-state index >= 15 is 0 Å². The first-order valence-electron chi connectivity index (χ1n) is 7.63. The monoisotopic (exact) mass is 424 g/mol. The summed E-state index contributed by atoms with van der Waals surface area (Å²) in [4.78, 5) is 11.5. The Morgan fingerprint density at radius 2 is 2.14 bits per heavy atom. The predicted molar refractivity (Wildman–Crippen MR) is 104 cm³/mol. The first-order chi connectivity index (χ1) is 9.71. The highest BCUT2D eigenvalue weighted by Gasteiger charge is 2.05. The Balaban J connectivity index is 0.00000400. The highest BCUT2D eigenvalue weighted by Crippen LogP contribution is 2.10. The minimum atomic E-state index is 0. The summed E-state index contributed by atoms with van der Waals surface area (Å²) >= 11 is 1.75. The molecule has 0 aliphatic rings. The number of thiazole rings is 1. The summed E-state index contributed by atoms with van der Waals surface area (Å²) in [6, 6.07) is 0. The fraction of sp³-hybridized carbons (Fsp3) is 0.733. The number of hydrogen-bond acceptors (Lipinski definition) is 3. The van der Waals surface area contributed by atoms with Gasteiger partial charge in [-0.05, 0) is 19.8 Å². The Morgan fingerprint density at radius 1 is 1.38 bits per heavy atom. The van der Waals surface area contributed by atoms with E-state index in [-0.39, 0.29) is 24.0 Å². The van der Waals surface area contributed by atoms with Crippen molar-refractivity contribution in [2.24, 2.45) is 4.99 Å². The first-order valence-corrected chi connectivity index (χ1v) is 8.51. The van der Waals surface area contributed by atoms with Gasteiger partial charge in [-0.15, -0.1) is 35.3 Å². The first kappa shape index (κ1) is 20.6. The second-order valence-electron chi connectivity index (χ2n) is 4.85. The predicted octanol–water partition coefficient (Wildman–Crippen LogP) is 3.56. The molecule has 0 spiro atoms. The number of nitrogens with zero attached hydrogens (tertiary/aromatic N) is 3. The molecule has 0 fully saturated rings. The zero-order valence-corrected chi connectivity index (χ0v) is 16.8. The fourth-order valence-electron chi connectivity index (χ4n) is 1.87. The molecule has 0 aliphatic carbocycles. The SMILES string of the molecule is CCCCN(C)C(=NCCc1csc(CC)n1)NCC.I. The van der Waals surface area contributed by atoms with Crippen molar-refractivity contribution in [2.75, 3.05) is 26.7 Å². The summed E-state index contributed by atoms with van der Waals surface area (Å²) in [5.41, 5.74) is 1.17. The van der Waals surface area contributed by atoms with Crippen LogP contribution in [-0.4, -0.2) is 42.5 Å². The second kappa shape index (κ2) is 12.2. The lowest BCUT2D eigenvalue weighted by Crippen LogP contribution is -2.39. The molecular formula is C15H29IN4S. The van der Waals surface area contributed by atoms with Crippen LogP contribution in [0.25, 0.3) is 0 Å². The normalized spacial score (nSPS) is 11.1. The number of guanidine groups is 1. The largest absolute Gasteiger partial charge is 0.357 e. The third-order valence-electron chi connectivity index (χ3n) is 3.07. The molecular weight excluding hydrogens is 395 g/mol. The molecule has 0 bridgehead atoms. The summed E-state index contributed by atoms with van der Waals surface area (Å²) in [5, 5.41) is 6.73. The molecule has 0 amide bonds. The van der Waals surface area contributed by atoms with Crippen LogP contribution in [0.2, 0.25) is 0 Å². The second-order valence-corrected chi connectivity index (χ2v) is 5.79. The smallest absolute Gasteiger partial charge is 0.193 e. The van der Waals surface area contributed by atoms with E-state index in [1.807, 2.05) is 0 Å². The average Bonchev–Trinajstić information content (AvgIpc) is 2.91. The molecule has 122 valence electrons. The maximum Gasteiger partial charge on any atom is 0.193 e. The summed E-state index contributed by atoms with van der Waals surface area (Å²) < 4.78 is 0. The summed E-state index contributed by atoms with van der Waals surface area (Å²) in [7, 11) is 2.11. The zero-order chi connectivity index (χ0) is 14.8. The minimum absolute atomic E-state index is 0. The van der Waals surface area contributed by atoms with Gasteiger partial charge in [-0.1, -0.05) is 20.3 Å². The molecule has 1 N–H and O–H groups in total. The Labute approximate surface area is 150 Å². The van der Waals surface area contributed by atoms with Gasteiger partial charge in [0, 0.05) is 38.5 Å². The van der Waals surface area contributed by atoms with Crippen LogP contribution in [0.3, 0.4) is 0 Å². The Morgan fingerprint density at radius 3 is 2.71 bits per heavy atom. The van der Waals surface area contributed by atoms with E-state index < -0.39 is 0 Å². The number of halogens is 1. The molecule has 0 aromatic carbocycles. The summed E-state index contributed by atoms with van der Waals surface area (Å²) in [5.74, 6) is 1.01. The van der Waals surface area contributed by atoms with Gasteiger partial charge in [-0.25, -0.2) is 4.98 Å². The third-order valence-corrected chi connectivity index (χ3v) is 4.12. The Bertz CT molecular complexity index is 406. The van der Waals surface area contributed by atoms with Crippen molar-refractivity contribution < 1.29 is 0 Å². The molecule has 0 saturated carbocycles. The highest BCUT2D eigenvalue weighted by molar-refractivity contribution is 14.0. The number of aliphatic imine (C=N–C) groups is 1. The van der Waals surface area contributed by atoms with Crippen LogP contribution < -0.4 is 5.32 Å². The van der Waals surface area contributed by atoms with Crippen LogP contribution in [0.4, 0.5) is 0 Å². The van der Waals surface area contributed by atoms with Crippen molar-refractivity contribution in [3.63, 3.8) is 0 Å². The van der Waals surface area contributed by atoms with E-state index in [2.05, 4.69) is 48.4 Å². The van der Waals surface area contributed by atoms with Crippen molar-refractivity contribution >= 4 is 41.3 Å². The van der Waals surface area contributed by atoms with Crippen LogP contribution in [0, 0.1) is 0 Å². The fourth-order valence-corrected chi connectivity index (χ4v) is 2.65. The quantitative estimate of drug-likeness (QED) is 0.394. The van der Waals surface area contributed by atoms with Crippen molar-refractivity contribution in [3.05, 3.63) is 16.1 Å². The van der Waals surface area contributed by atoms with E-state index in [0.29, 0.717) is 0 Å². The van der Waals surface area contributed by atoms with E-state index in [1.54, 1.807) is 11.3 Å². The number of aromatic nitrogens is 1. The molecule has 0 saturated heterocycles. The molecule has 4 nitrogen and oxygen atoms in total. The van der Waals surface area contributed by atoms with Gasteiger partial charge >= 0.3 is 0 Å². The number of rotatable bonds is 8. The van der Waals surface area contributed by atoms with Crippen LogP contribution in [0.1, 0.15) is 44.3 Å². The molecule has 1 aromatic rings. The number of aryl methyl sites for hydroxylation is 1. The lowest BCUT2D eigenvalue weighted by atomic mass is 10.3. The van der Waals surface area contributed by atoms with E-state index in [0.717, 1.165) is 38.4 Å². The van der Waals surface area contributed by atoms with E-state index in [4.69, 9.17) is 4.99 Å². The molecule has 1 aromatic heterocycles. The van der Waals surface area contributed by atoms with Crippen molar-refractivity contribution in [3.8, 4) is 0 Å². The molecule has 0 aliphatic heterocycles. The maximum atomic E-state index is 4.69. The molecule has 0 atom stereocenters. The minimum Gasteiger partial charge on any atom is -0.357 e. The Kier molecular flexibility index (Phi) is 12.0. The average molecular weight is 424 g/mol. The van der Waals surface area contributed by atoms with Gasteiger partial charge in [0.2, 0.25) is 0 Å². The van der Waals surface area contributed by atoms with Gasteiger partial charge in [0.05, 0.1) is 10.7 Å². The van der Waals surface area contributed by atoms with E-state index in [1.165, 1.54) is 23.5 Å². The van der Waals surface area contributed by atoms with Gasteiger partial charge in [0.1, 0.15) is 0 Å². The van der Waals surface area contributed by atoms with Crippen LogP contribution in [0.15, 0.2) is 10.4 Å². The molecule has 0 unspecified atom stereocenters. The lowest BCUT2D eigenvalue weighted by molar-refractivity contribution is 0.465. The molecule has 1 rings (SSSR count). The van der Waals surface area contributed by atoms with Crippen molar-refractivity contribution in [2.45, 2.75) is 46.5 Å². The van der Waals surface area contributed by atoms with Crippen molar-refractivity contribution in [1.82, 2.24) is 15.2 Å². The van der Waals surface area contributed by atoms with Gasteiger partial charge in [-0.3, -0.25) is 4.99 Å². The number of hydrogen-bond donors (Lipinski definition) is 1. The van der Waals surface area contributed by atoms with Crippen LogP contribution >= 0.6 is 35.3 Å². The van der Waals surface area contributed by atoms with Gasteiger partial charge in [-0.2, -0.15) is 0 Å². The summed E-state index contributed by atoms with van der Waals surface area (Å²) in [6.45, 7) is 9.23. The maximum absolute atomic E-state index is 4.69. The molecule has 0 radical (unpaired) electrons. The van der Waals surface area contributed by atoms with Crippen molar-refractivity contribution in [1.29, 1.82) is 0 Å². The zero-order valence-electron chi connectivity index (χ0n) is 13.7. The molecule has 6 heteroatoms. The van der Waals surface area contributed by atoms with Gasteiger partial charge in [0.15, 0.2) is 5.96 Å². The topological polar surface area (TPSA) is 40.5 Å². The van der Waals surface area contributed by atoms with Crippen LogP contribution in [0.5, 0.6) is 0 Å². The number of nitrogens with one attached hydrogen (secondary N) is 1. The molecule has 1 heterocycles. The third kappa shape index (κ3) is 7.99. The van der Waals surface area contributed by atoms with Gasteiger partial charge < -0.3 is 10.2 Å². The van der Waals surface area contributed by atoms with Gasteiger partial charge in [0.25, 0.3) is 0 Å². The Hall–Kier alpha value is -0.370. The van der Waals surface area contributed by atoms with E-state index in [9.17, 15) is 0 Å². The lowest BCUT2D eigenvalue weighted by Gasteiger charge is -2.21. The summed E-state index contributed by atoms with van der Waals surface area (Å²) in [6.07, 6.45) is 4.36. The number of unbranched alkanes of at least 4 members (excludes halogenated alkanes) is 1. The van der Waals surface area contributed by atoms with Crippen LogP contribution in [-0.2, 0) is 12.8 Å². The standard InChI is InChI=1S/C15H28N4S.HI/c1-5-8-11-19(4)15(16-7-3)17-10-9-13-12-20-14(6-2)18-13;/h12H,5-11H2,1-4H3,(H,16,17);1H. The molecule has 21 heavy (non-hydrogen) atoms. The highest BCUT2D eigenvalue weighted by atomic mass is 127.